The average molecular weight is 298 g/mol. The van der Waals surface area contributed by atoms with Crippen LogP contribution in [-0.4, -0.2) is 12.5 Å². The number of halogens is 3. The molecule has 0 fully saturated rings. The quantitative estimate of drug-likeness (QED) is 0.380. The van der Waals surface area contributed by atoms with Crippen molar-refractivity contribution in [2.75, 3.05) is 6.61 Å². The molecule has 1 aromatic rings. The second-order valence-electron chi connectivity index (χ2n) is 3.22. The lowest BCUT2D eigenvalue weighted by Crippen LogP contribution is -2.29. The molecule has 0 spiro atoms. The number of rotatable bonds is 5. The average Bonchev–Trinajstić information content (AvgIpc) is 2.26. The smallest absolute Gasteiger partial charge is 0.234 e. The molecule has 4 nitrogen and oxygen atoms in total. The number of nitrogens with two attached hydrogens (primary N) is 1. The molecule has 1 aromatic carbocycles. The number of carbonyl (C=O) groups excluding carboxylic acids is 1. The molecule has 3 N–H and O–H groups in total. The summed E-state index contributed by atoms with van der Waals surface area (Å²) in [6.45, 7) is 0.314. The molecule has 94 valence electrons. The Morgan fingerprint density at radius 3 is 2.41 bits per heavy atom. The van der Waals surface area contributed by atoms with Crippen molar-refractivity contribution in [1.29, 1.82) is 0 Å². The Balaban J connectivity index is 2.50. The summed E-state index contributed by atoms with van der Waals surface area (Å²) in [7, 11) is 0. The molecule has 0 radical (unpaired) electrons. The third-order valence-electron chi connectivity index (χ3n) is 1.92. The Bertz CT molecular complexity index is 390. The van der Waals surface area contributed by atoms with Gasteiger partial charge in [0.2, 0.25) is 5.91 Å². The van der Waals surface area contributed by atoms with Gasteiger partial charge in [0.1, 0.15) is 0 Å². The van der Waals surface area contributed by atoms with Gasteiger partial charge in [-0.25, -0.2) is 5.84 Å². The van der Waals surface area contributed by atoms with E-state index in [0.717, 1.165) is 0 Å². The molecule has 0 heterocycles. The zero-order valence-electron chi connectivity index (χ0n) is 8.80. The predicted octanol–water partition coefficient (Wildman–Crippen LogP) is 2.80. The van der Waals surface area contributed by atoms with Crippen LogP contribution in [0.25, 0.3) is 0 Å². The van der Waals surface area contributed by atoms with Crippen LogP contribution in [0.4, 0.5) is 0 Å². The van der Waals surface area contributed by atoms with Gasteiger partial charge in [-0.15, -0.1) is 0 Å². The topological polar surface area (TPSA) is 64.3 Å². The van der Waals surface area contributed by atoms with Crippen molar-refractivity contribution in [3.63, 3.8) is 0 Å². The summed E-state index contributed by atoms with van der Waals surface area (Å²) in [6, 6.07) is 3.08. The summed E-state index contributed by atoms with van der Waals surface area (Å²) in [4.78, 5) is 10.8. The molecule has 0 aliphatic rings. The van der Waals surface area contributed by atoms with Crippen molar-refractivity contribution in [2.24, 2.45) is 5.84 Å². The number of ether oxygens (including phenoxy) is 1. The first-order chi connectivity index (χ1) is 8.04. The van der Waals surface area contributed by atoms with E-state index in [0.29, 0.717) is 33.8 Å². The van der Waals surface area contributed by atoms with Crippen LogP contribution in [0.5, 0.6) is 5.75 Å². The second-order valence-corrected chi connectivity index (χ2v) is 4.47. The molecule has 17 heavy (non-hydrogen) atoms. The van der Waals surface area contributed by atoms with Crippen LogP contribution in [0.2, 0.25) is 15.1 Å². The molecule has 0 saturated heterocycles. The SMILES string of the molecule is NNC(=O)CCCOc1c(Cl)cc(Cl)cc1Cl. The fourth-order valence-corrected chi connectivity index (χ4v) is 2.07. The number of hydrogen-bond acceptors (Lipinski definition) is 3. The zero-order valence-corrected chi connectivity index (χ0v) is 11.1. The van der Waals surface area contributed by atoms with Gasteiger partial charge in [-0.3, -0.25) is 10.2 Å². The largest absolute Gasteiger partial charge is 0.490 e. The lowest BCUT2D eigenvalue weighted by atomic mass is 10.3. The van der Waals surface area contributed by atoms with E-state index < -0.39 is 0 Å². The Kier molecular flexibility index (Phi) is 5.85. The van der Waals surface area contributed by atoms with Gasteiger partial charge in [-0.1, -0.05) is 34.8 Å². The highest BCUT2D eigenvalue weighted by atomic mass is 35.5. The maximum absolute atomic E-state index is 10.8. The van der Waals surface area contributed by atoms with E-state index in [2.05, 4.69) is 0 Å². The first kappa shape index (κ1) is 14.4. The maximum Gasteiger partial charge on any atom is 0.234 e. The number of carbonyl (C=O) groups is 1. The van der Waals surface area contributed by atoms with Crippen molar-refractivity contribution in [3.05, 3.63) is 27.2 Å². The Morgan fingerprint density at radius 1 is 1.29 bits per heavy atom. The van der Waals surface area contributed by atoms with E-state index in [1.165, 1.54) is 12.1 Å². The number of amides is 1. The normalized spacial score (nSPS) is 10.1. The third-order valence-corrected chi connectivity index (χ3v) is 2.70. The van der Waals surface area contributed by atoms with E-state index in [9.17, 15) is 4.79 Å². The molecule has 0 aliphatic carbocycles. The van der Waals surface area contributed by atoms with Crippen LogP contribution < -0.4 is 16.0 Å². The molecule has 0 saturated carbocycles. The van der Waals surface area contributed by atoms with Crippen LogP contribution in [0, 0.1) is 0 Å². The van der Waals surface area contributed by atoms with Crippen molar-refractivity contribution in [3.8, 4) is 5.75 Å². The van der Waals surface area contributed by atoms with Crippen molar-refractivity contribution >= 4 is 40.7 Å². The van der Waals surface area contributed by atoms with E-state index in [-0.39, 0.29) is 12.3 Å². The highest BCUT2D eigenvalue weighted by Gasteiger charge is 2.09. The monoisotopic (exact) mass is 296 g/mol. The van der Waals surface area contributed by atoms with Crippen LogP contribution in [0.3, 0.4) is 0 Å². The van der Waals surface area contributed by atoms with E-state index in [1.807, 2.05) is 5.43 Å². The summed E-state index contributed by atoms with van der Waals surface area (Å²) in [5.74, 6) is 5.05. The van der Waals surface area contributed by atoms with Crippen molar-refractivity contribution in [2.45, 2.75) is 12.8 Å². The Labute approximate surface area is 114 Å². The minimum absolute atomic E-state index is 0.248. The fourth-order valence-electron chi connectivity index (χ4n) is 1.15. The van der Waals surface area contributed by atoms with Crippen LogP contribution in [0.15, 0.2) is 12.1 Å². The minimum Gasteiger partial charge on any atom is -0.490 e. The van der Waals surface area contributed by atoms with E-state index in [1.54, 1.807) is 0 Å². The molecule has 0 aromatic heterocycles. The van der Waals surface area contributed by atoms with E-state index in [4.69, 9.17) is 45.4 Å². The molecule has 0 atom stereocenters. The highest BCUT2D eigenvalue weighted by Crippen LogP contribution is 2.35. The highest BCUT2D eigenvalue weighted by molar-refractivity contribution is 6.40. The standard InChI is InChI=1S/C10H11Cl3N2O2/c11-6-4-7(12)10(8(13)5-6)17-3-1-2-9(16)15-14/h4-5H,1-3,14H2,(H,15,16). The van der Waals surface area contributed by atoms with Gasteiger partial charge < -0.3 is 4.74 Å². The lowest BCUT2D eigenvalue weighted by Gasteiger charge is -2.09. The minimum atomic E-state index is -0.248. The van der Waals surface area contributed by atoms with Gasteiger partial charge >= 0.3 is 0 Å². The van der Waals surface area contributed by atoms with Crippen molar-refractivity contribution in [1.82, 2.24) is 5.43 Å². The first-order valence-corrected chi connectivity index (χ1v) is 5.94. The van der Waals surface area contributed by atoms with Gasteiger partial charge in [-0.2, -0.15) is 0 Å². The van der Waals surface area contributed by atoms with Gasteiger partial charge in [-0.05, 0) is 18.6 Å². The van der Waals surface area contributed by atoms with Crippen LogP contribution in [-0.2, 0) is 4.79 Å². The number of hydrazine groups is 1. The van der Waals surface area contributed by atoms with Gasteiger partial charge in [0.05, 0.1) is 16.7 Å². The zero-order chi connectivity index (χ0) is 12.8. The van der Waals surface area contributed by atoms with Crippen LogP contribution >= 0.6 is 34.8 Å². The lowest BCUT2D eigenvalue weighted by molar-refractivity contribution is -0.121. The summed E-state index contributed by atoms with van der Waals surface area (Å²) < 4.78 is 5.37. The van der Waals surface area contributed by atoms with Gasteiger partial charge in [0.25, 0.3) is 0 Å². The molecule has 1 amide bonds. The summed E-state index contributed by atoms with van der Waals surface area (Å²) in [5, 5.41) is 1.12. The molecule has 0 aliphatic heterocycles. The van der Waals surface area contributed by atoms with E-state index >= 15 is 0 Å². The number of nitrogens with one attached hydrogen (secondary N) is 1. The number of benzene rings is 1. The van der Waals surface area contributed by atoms with Gasteiger partial charge in [0, 0.05) is 11.4 Å². The van der Waals surface area contributed by atoms with Gasteiger partial charge in [0.15, 0.2) is 5.75 Å². The second kappa shape index (κ2) is 6.91. The summed E-state index contributed by atoms with van der Waals surface area (Å²) >= 11 is 17.6. The molecule has 0 bridgehead atoms. The van der Waals surface area contributed by atoms with Crippen LogP contribution in [0.1, 0.15) is 12.8 Å². The molecule has 0 unspecified atom stereocenters. The molecular weight excluding hydrogens is 286 g/mol. The fraction of sp³-hybridized carbons (Fsp3) is 0.300. The Hall–Kier alpha value is -0.680. The Morgan fingerprint density at radius 2 is 1.88 bits per heavy atom. The van der Waals surface area contributed by atoms with Crippen molar-refractivity contribution < 1.29 is 9.53 Å². The maximum atomic E-state index is 10.8. The molecule has 1 rings (SSSR count). The number of hydrogen-bond donors (Lipinski definition) is 2. The molecule has 7 heteroatoms. The summed E-state index contributed by atoms with van der Waals surface area (Å²) in [6.07, 6.45) is 0.789. The first-order valence-electron chi connectivity index (χ1n) is 4.81. The molecular formula is C10H11Cl3N2O2. The predicted molar refractivity (Wildman–Crippen MR) is 68.5 cm³/mol. The third kappa shape index (κ3) is 4.60. The summed E-state index contributed by atoms with van der Waals surface area (Å²) in [5.41, 5.74) is 2.03.